The molecule has 0 aliphatic rings. The van der Waals surface area contributed by atoms with Gasteiger partial charge in [0.25, 0.3) is 0 Å². The van der Waals surface area contributed by atoms with Gasteiger partial charge in [-0.2, -0.15) is 0 Å². The van der Waals surface area contributed by atoms with Crippen molar-refractivity contribution >= 4 is 45.5 Å². The van der Waals surface area contributed by atoms with E-state index in [1.165, 1.54) is 11.3 Å². The second-order valence-electron chi connectivity index (χ2n) is 3.10. The minimum atomic E-state index is -0.572. The number of aliphatic hydroxyl groups excluding tert-OH is 1. The van der Waals surface area contributed by atoms with Crippen LogP contribution >= 0.6 is 45.5 Å². The van der Waals surface area contributed by atoms with Crippen molar-refractivity contribution in [1.29, 1.82) is 0 Å². The van der Waals surface area contributed by atoms with Gasteiger partial charge in [-0.3, -0.25) is 0 Å². The van der Waals surface area contributed by atoms with Crippen LogP contribution in [0.5, 0.6) is 0 Å². The second-order valence-corrected chi connectivity index (χ2v) is 6.09. The van der Waals surface area contributed by atoms with E-state index >= 15 is 0 Å². The van der Waals surface area contributed by atoms with Crippen molar-refractivity contribution in [3.05, 3.63) is 54.7 Å². The highest BCUT2D eigenvalue weighted by Crippen LogP contribution is 2.31. The molecule has 1 atom stereocenters. The lowest BCUT2D eigenvalue weighted by molar-refractivity contribution is 0.224. The van der Waals surface area contributed by atoms with Crippen LogP contribution in [0.15, 0.2) is 36.4 Å². The van der Waals surface area contributed by atoms with Crippen molar-refractivity contribution < 1.29 is 5.11 Å². The van der Waals surface area contributed by atoms with Crippen LogP contribution in [0.25, 0.3) is 0 Å². The molecule has 0 saturated heterocycles. The third-order valence-electron chi connectivity index (χ3n) is 2.03. The molecule has 0 saturated carbocycles. The van der Waals surface area contributed by atoms with Crippen LogP contribution in [0, 0.1) is 3.57 Å². The van der Waals surface area contributed by atoms with Crippen LogP contribution in [-0.2, 0) is 0 Å². The number of benzene rings is 1. The summed E-state index contributed by atoms with van der Waals surface area (Å²) >= 11 is 9.47. The van der Waals surface area contributed by atoms with E-state index in [2.05, 4.69) is 22.6 Å². The molecule has 15 heavy (non-hydrogen) atoms. The van der Waals surface area contributed by atoms with Crippen LogP contribution in [0.3, 0.4) is 0 Å². The highest BCUT2D eigenvalue weighted by atomic mass is 127. The van der Waals surface area contributed by atoms with Gasteiger partial charge in [0.2, 0.25) is 0 Å². The normalized spacial score (nSPS) is 12.7. The van der Waals surface area contributed by atoms with Crippen LogP contribution in [0.4, 0.5) is 0 Å². The summed E-state index contributed by atoms with van der Waals surface area (Å²) in [5.74, 6) is 0. The molecule has 2 rings (SSSR count). The molecule has 0 bridgehead atoms. The van der Waals surface area contributed by atoms with Crippen LogP contribution in [0.1, 0.15) is 16.5 Å². The Morgan fingerprint density at radius 1 is 1.27 bits per heavy atom. The van der Waals surface area contributed by atoms with Gasteiger partial charge in [0.05, 0.1) is 4.34 Å². The Labute approximate surface area is 111 Å². The van der Waals surface area contributed by atoms with Crippen molar-refractivity contribution in [1.82, 2.24) is 0 Å². The average molecular weight is 351 g/mol. The molecule has 1 unspecified atom stereocenters. The molecule has 0 amide bonds. The molecular formula is C11H8ClIOS. The number of halogens is 2. The summed E-state index contributed by atoms with van der Waals surface area (Å²) in [5.41, 5.74) is 0.903. The molecule has 0 aliphatic heterocycles. The first-order valence-corrected chi connectivity index (χ1v) is 6.63. The van der Waals surface area contributed by atoms with Gasteiger partial charge in [0.1, 0.15) is 6.10 Å². The lowest BCUT2D eigenvalue weighted by Gasteiger charge is -2.08. The van der Waals surface area contributed by atoms with E-state index < -0.39 is 6.10 Å². The summed E-state index contributed by atoms with van der Waals surface area (Å²) in [6, 6.07) is 11.5. The van der Waals surface area contributed by atoms with Gasteiger partial charge < -0.3 is 5.11 Å². The Morgan fingerprint density at radius 2 is 2.07 bits per heavy atom. The number of aliphatic hydroxyl groups is 1. The smallest absolute Gasteiger partial charge is 0.113 e. The van der Waals surface area contributed by atoms with Crippen LogP contribution < -0.4 is 0 Å². The minimum absolute atomic E-state index is 0.572. The van der Waals surface area contributed by atoms with Crippen molar-refractivity contribution in [2.24, 2.45) is 0 Å². The zero-order valence-corrected chi connectivity index (χ0v) is 11.4. The zero-order chi connectivity index (χ0) is 10.8. The highest BCUT2D eigenvalue weighted by Gasteiger charge is 2.12. The van der Waals surface area contributed by atoms with Gasteiger partial charge in [-0.15, -0.1) is 11.3 Å². The molecule has 1 heterocycles. The van der Waals surface area contributed by atoms with E-state index in [-0.39, 0.29) is 0 Å². The van der Waals surface area contributed by atoms with Gasteiger partial charge in [0.15, 0.2) is 0 Å². The quantitative estimate of drug-likeness (QED) is 0.809. The van der Waals surface area contributed by atoms with Gasteiger partial charge in [-0.1, -0.05) is 23.7 Å². The summed E-state index contributed by atoms with van der Waals surface area (Å²) in [5, 5.41) is 10.1. The molecular weight excluding hydrogens is 343 g/mol. The first kappa shape index (κ1) is 11.4. The predicted molar refractivity (Wildman–Crippen MR) is 72.5 cm³/mol. The fourth-order valence-electron chi connectivity index (χ4n) is 1.32. The fraction of sp³-hybridized carbons (Fsp3) is 0.0909. The molecule has 1 aromatic heterocycles. The fourth-order valence-corrected chi connectivity index (χ4v) is 2.96. The maximum atomic E-state index is 10.1. The summed E-state index contributed by atoms with van der Waals surface area (Å²) < 4.78 is 1.82. The Balaban J connectivity index is 2.32. The van der Waals surface area contributed by atoms with Gasteiger partial charge in [-0.05, 0) is 52.4 Å². The molecule has 0 fully saturated rings. The first-order valence-electron chi connectivity index (χ1n) is 4.35. The van der Waals surface area contributed by atoms with Crippen LogP contribution in [-0.4, -0.2) is 5.11 Å². The van der Waals surface area contributed by atoms with E-state index in [0.29, 0.717) is 4.34 Å². The zero-order valence-electron chi connectivity index (χ0n) is 7.65. The van der Waals surface area contributed by atoms with E-state index in [9.17, 15) is 5.11 Å². The van der Waals surface area contributed by atoms with E-state index in [1.54, 1.807) is 6.07 Å². The molecule has 0 radical (unpaired) electrons. The molecule has 1 aromatic carbocycles. The standard InChI is InChI=1S/C11H8ClIOS/c12-10-5-4-9(15-10)11(14)7-2-1-3-8(13)6-7/h1-6,11,14H. The maximum Gasteiger partial charge on any atom is 0.113 e. The van der Waals surface area contributed by atoms with Crippen molar-refractivity contribution in [3.8, 4) is 0 Å². The monoisotopic (exact) mass is 350 g/mol. The summed E-state index contributed by atoms with van der Waals surface area (Å²) in [6.45, 7) is 0. The SMILES string of the molecule is OC(c1cccc(I)c1)c1ccc(Cl)s1. The molecule has 1 N–H and O–H groups in total. The van der Waals surface area contributed by atoms with Crippen molar-refractivity contribution in [2.75, 3.05) is 0 Å². The molecule has 0 aliphatic carbocycles. The average Bonchev–Trinajstić information content (AvgIpc) is 2.64. The van der Waals surface area contributed by atoms with Crippen molar-refractivity contribution in [2.45, 2.75) is 6.10 Å². The molecule has 78 valence electrons. The lowest BCUT2D eigenvalue weighted by Crippen LogP contribution is -1.96. The number of hydrogen-bond donors (Lipinski definition) is 1. The number of hydrogen-bond acceptors (Lipinski definition) is 2. The Hall–Kier alpha value is -0.100. The van der Waals surface area contributed by atoms with Gasteiger partial charge in [-0.25, -0.2) is 0 Å². The van der Waals surface area contributed by atoms with Gasteiger partial charge >= 0.3 is 0 Å². The third-order valence-corrected chi connectivity index (χ3v) is 3.98. The Morgan fingerprint density at radius 3 is 2.67 bits per heavy atom. The molecule has 4 heteroatoms. The largest absolute Gasteiger partial charge is 0.383 e. The Kier molecular flexibility index (Phi) is 3.66. The second kappa shape index (κ2) is 4.82. The van der Waals surface area contributed by atoms with E-state index in [4.69, 9.17) is 11.6 Å². The topological polar surface area (TPSA) is 20.2 Å². The van der Waals surface area contributed by atoms with Crippen molar-refractivity contribution in [3.63, 3.8) is 0 Å². The van der Waals surface area contributed by atoms with E-state index in [1.807, 2.05) is 30.3 Å². The first-order chi connectivity index (χ1) is 7.16. The number of thiophene rings is 1. The summed E-state index contributed by atoms with van der Waals surface area (Å²) in [6.07, 6.45) is -0.572. The predicted octanol–water partition coefficient (Wildman–Crippen LogP) is 4.09. The summed E-state index contributed by atoms with van der Waals surface area (Å²) in [7, 11) is 0. The summed E-state index contributed by atoms with van der Waals surface area (Å²) in [4.78, 5) is 0.877. The minimum Gasteiger partial charge on any atom is -0.383 e. The van der Waals surface area contributed by atoms with E-state index in [0.717, 1.165) is 14.0 Å². The third kappa shape index (κ3) is 2.72. The molecule has 1 nitrogen and oxygen atoms in total. The molecule has 0 spiro atoms. The maximum absolute atomic E-state index is 10.1. The highest BCUT2D eigenvalue weighted by molar-refractivity contribution is 14.1. The lowest BCUT2D eigenvalue weighted by atomic mass is 10.1. The molecule has 2 aromatic rings. The van der Waals surface area contributed by atoms with Gasteiger partial charge in [0, 0.05) is 8.45 Å². The number of rotatable bonds is 2. The van der Waals surface area contributed by atoms with Crippen LogP contribution in [0.2, 0.25) is 4.34 Å². The Bertz CT molecular complexity index is 469.